The summed E-state index contributed by atoms with van der Waals surface area (Å²) >= 11 is 5.14. The standard InChI is InChI=1S/C14H24BrNO2S/c1-10(2)6-11(3)18-9-12(17)7-16-8-13-4-5-14(15)19-13/h4-5,10-12,16-17H,6-9H2,1-3H3. The van der Waals surface area contributed by atoms with Gasteiger partial charge in [-0.25, -0.2) is 0 Å². The molecule has 0 saturated carbocycles. The molecular weight excluding hydrogens is 326 g/mol. The molecule has 0 saturated heterocycles. The minimum Gasteiger partial charge on any atom is -0.389 e. The number of rotatable bonds is 9. The van der Waals surface area contributed by atoms with Gasteiger partial charge in [0.15, 0.2) is 0 Å². The number of halogens is 1. The van der Waals surface area contributed by atoms with Gasteiger partial charge in [-0.3, -0.25) is 0 Å². The Kier molecular flexibility index (Phi) is 8.18. The van der Waals surface area contributed by atoms with Crippen molar-refractivity contribution in [3.63, 3.8) is 0 Å². The van der Waals surface area contributed by atoms with Crippen LogP contribution in [-0.2, 0) is 11.3 Å². The van der Waals surface area contributed by atoms with Gasteiger partial charge in [0, 0.05) is 18.0 Å². The van der Waals surface area contributed by atoms with Crippen molar-refractivity contribution in [2.45, 2.75) is 45.9 Å². The Hall–Kier alpha value is 0.0600. The fourth-order valence-electron chi connectivity index (χ4n) is 1.87. The van der Waals surface area contributed by atoms with Crippen LogP contribution in [0.25, 0.3) is 0 Å². The van der Waals surface area contributed by atoms with E-state index in [1.165, 1.54) is 4.88 Å². The third-order valence-electron chi connectivity index (χ3n) is 2.68. The molecular formula is C14H24BrNO2S. The Balaban J connectivity index is 2.09. The quantitative estimate of drug-likeness (QED) is 0.717. The molecule has 0 aliphatic carbocycles. The van der Waals surface area contributed by atoms with E-state index in [-0.39, 0.29) is 6.10 Å². The topological polar surface area (TPSA) is 41.5 Å². The van der Waals surface area contributed by atoms with E-state index in [1.807, 2.05) is 6.07 Å². The van der Waals surface area contributed by atoms with Gasteiger partial charge in [-0.05, 0) is 47.3 Å². The van der Waals surface area contributed by atoms with Crippen molar-refractivity contribution in [1.29, 1.82) is 0 Å². The van der Waals surface area contributed by atoms with Crippen LogP contribution in [0.4, 0.5) is 0 Å². The molecule has 0 fully saturated rings. The Bertz CT molecular complexity index is 357. The minimum absolute atomic E-state index is 0.211. The Morgan fingerprint density at radius 3 is 2.68 bits per heavy atom. The maximum atomic E-state index is 9.82. The SMILES string of the molecule is CC(C)CC(C)OCC(O)CNCc1ccc(Br)s1. The van der Waals surface area contributed by atoms with E-state index in [0.717, 1.165) is 16.8 Å². The van der Waals surface area contributed by atoms with Gasteiger partial charge >= 0.3 is 0 Å². The van der Waals surface area contributed by atoms with Gasteiger partial charge in [0.2, 0.25) is 0 Å². The number of nitrogens with one attached hydrogen (secondary N) is 1. The van der Waals surface area contributed by atoms with Crippen LogP contribution in [0.1, 0.15) is 32.1 Å². The predicted molar refractivity (Wildman–Crippen MR) is 84.6 cm³/mol. The number of thiophene rings is 1. The summed E-state index contributed by atoms with van der Waals surface area (Å²) in [5.74, 6) is 0.627. The van der Waals surface area contributed by atoms with Gasteiger partial charge in [-0.1, -0.05) is 13.8 Å². The molecule has 19 heavy (non-hydrogen) atoms. The summed E-state index contributed by atoms with van der Waals surface area (Å²) in [6.45, 7) is 8.16. The van der Waals surface area contributed by atoms with Crippen molar-refractivity contribution >= 4 is 27.3 Å². The van der Waals surface area contributed by atoms with Gasteiger partial charge in [0.05, 0.1) is 22.6 Å². The Labute approximate surface area is 128 Å². The summed E-state index contributed by atoms with van der Waals surface area (Å²) in [6.07, 6.45) is 0.796. The van der Waals surface area contributed by atoms with E-state index in [2.05, 4.69) is 48.1 Å². The minimum atomic E-state index is -0.446. The van der Waals surface area contributed by atoms with Crippen LogP contribution in [0.2, 0.25) is 0 Å². The van der Waals surface area contributed by atoms with E-state index in [1.54, 1.807) is 11.3 Å². The van der Waals surface area contributed by atoms with E-state index in [9.17, 15) is 5.11 Å². The second-order valence-corrected chi connectivity index (χ2v) is 7.81. The lowest BCUT2D eigenvalue weighted by Crippen LogP contribution is -2.31. The maximum absolute atomic E-state index is 9.82. The third kappa shape index (κ3) is 8.05. The highest BCUT2D eigenvalue weighted by Gasteiger charge is 2.09. The fraction of sp³-hybridized carbons (Fsp3) is 0.714. The van der Waals surface area contributed by atoms with Crippen molar-refractivity contribution in [2.24, 2.45) is 5.92 Å². The Morgan fingerprint density at radius 2 is 2.11 bits per heavy atom. The zero-order chi connectivity index (χ0) is 14.3. The van der Waals surface area contributed by atoms with Crippen LogP contribution in [0, 0.1) is 5.92 Å². The molecule has 0 bridgehead atoms. The molecule has 110 valence electrons. The van der Waals surface area contributed by atoms with Crippen molar-refractivity contribution in [1.82, 2.24) is 5.32 Å². The third-order valence-corrected chi connectivity index (χ3v) is 4.31. The zero-order valence-electron chi connectivity index (χ0n) is 11.9. The summed E-state index contributed by atoms with van der Waals surface area (Å²) in [6, 6.07) is 4.12. The van der Waals surface area contributed by atoms with Crippen LogP contribution in [0.5, 0.6) is 0 Å². The lowest BCUT2D eigenvalue weighted by Gasteiger charge is -2.18. The normalized spacial score (nSPS) is 14.8. The number of hydrogen-bond donors (Lipinski definition) is 2. The van der Waals surface area contributed by atoms with Gasteiger partial charge < -0.3 is 15.2 Å². The first-order valence-electron chi connectivity index (χ1n) is 6.72. The highest BCUT2D eigenvalue weighted by molar-refractivity contribution is 9.11. The number of hydrogen-bond acceptors (Lipinski definition) is 4. The van der Waals surface area contributed by atoms with Crippen molar-refractivity contribution in [3.05, 3.63) is 20.8 Å². The fourth-order valence-corrected chi connectivity index (χ4v) is 3.33. The second-order valence-electron chi connectivity index (χ2n) is 5.26. The number of ether oxygens (including phenoxy) is 1. The number of aliphatic hydroxyl groups is 1. The molecule has 0 aliphatic heterocycles. The molecule has 0 aliphatic rings. The molecule has 5 heteroatoms. The summed E-state index contributed by atoms with van der Waals surface area (Å²) < 4.78 is 6.76. The predicted octanol–water partition coefficient (Wildman–Crippen LogP) is 3.41. The molecule has 3 nitrogen and oxygen atoms in total. The molecule has 2 unspecified atom stereocenters. The zero-order valence-corrected chi connectivity index (χ0v) is 14.3. The lowest BCUT2D eigenvalue weighted by atomic mass is 10.1. The lowest BCUT2D eigenvalue weighted by molar-refractivity contribution is -0.00855. The first-order valence-corrected chi connectivity index (χ1v) is 8.33. The van der Waals surface area contributed by atoms with Crippen molar-refractivity contribution in [3.8, 4) is 0 Å². The first-order chi connectivity index (χ1) is 8.97. The molecule has 2 N–H and O–H groups in total. The molecule has 0 radical (unpaired) electrons. The van der Waals surface area contributed by atoms with E-state index in [4.69, 9.17) is 4.74 Å². The van der Waals surface area contributed by atoms with Gasteiger partial charge in [-0.2, -0.15) is 0 Å². The second kappa shape index (κ2) is 9.08. The largest absolute Gasteiger partial charge is 0.389 e. The van der Waals surface area contributed by atoms with Crippen molar-refractivity contribution in [2.75, 3.05) is 13.2 Å². The molecule has 1 aromatic heterocycles. The summed E-state index contributed by atoms with van der Waals surface area (Å²) in [5, 5.41) is 13.1. The monoisotopic (exact) mass is 349 g/mol. The molecule has 0 amide bonds. The average molecular weight is 350 g/mol. The first kappa shape index (κ1) is 17.1. The average Bonchev–Trinajstić information content (AvgIpc) is 2.71. The summed E-state index contributed by atoms with van der Waals surface area (Å²) in [5.41, 5.74) is 0. The van der Waals surface area contributed by atoms with Gasteiger partial charge in [-0.15, -0.1) is 11.3 Å². The van der Waals surface area contributed by atoms with E-state index < -0.39 is 6.10 Å². The summed E-state index contributed by atoms with van der Waals surface area (Å²) in [7, 11) is 0. The van der Waals surface area contributed by atoms with Crippen LogP contribution in [0.3, 0.4) is 0 Å². The van der Waals surface area contributed by atoms with Gasteiger partial charge in [0.25, 0.3) is 0 Å². The molecule has 0 aromatic carbocycles. The maximum Gasteiger partial charge on any atom is 0.0897 e. The molecule has 1 rings (SSSR count). The van der Waals surface area contributed by atoms with Crippen LogP contribution in [-0.4, -0.2) is 30.5 Å². The van der Waals surface area contributed by atoms with E-state index in [0.29, 0.717) is 19.1 Å². The molecule has 2 atom stereocenters. The highest BCUT2D eigenvalue weighted by Crippen LogP contribution is 2.21. The number of aliphatic hydroxyl groups excluding tert-OH is 1. The highest BCUT2D eigenvalue weighted by atomic mass is 79.9. The van der Waals surface area contributed by atoms with Crippen LogP contribution < -0.4 is 5.32 Å². The van der Waals surface area contributed by atoms with Gasteiger partial charge in [0.1, 0.15) is 0 Å². The molecule has 1 aromatic rings. The smallest absolute Gasteiger partial charge is 0.0897 e. The van der Waals surface area contributed by atoms with Crippen molar-refractivity contribution < 1.29 is 9.84 Å². The Morgan fingerprint density at radius 1 is 1.37 bits per heavy atom. The molecule has 1 heterocycles. The van der Waals surface area contributed by atoms with Crippen LogP contribution in [0.15, 0.2) is 15.9 Å². The summed E-state index contributed by atoms with van der Waals surface area (Å²) in [4.78, 5) is 1.26. The van der Waals surface area contributed by atoms with Crippen LogP contribution >= 0.6 is 27.3 Å². The molecule has 0 spiro atoms. The van der Waals surface area contributed by atoms with E-state index >= 15 is 0 Å².